The molecule has 0 unspecified atom stereocenters. The molecule has 2 N–H and O–H groups in total. The van der Waals surface area contributed by atoms with E-state index in [9.17, 15) is 4.79 Å². The van der Waals surface area contributed by atoms with Gasteiger partial charge in [-0.05, 0) is 24.6 Å². The molecule has 0 aliphatic rings. The highest BCUT2D eigenvalue weighted by Gasteiger charge is 2.02. The van der Waals surface area contributed by atoms with Crippen molar-refractivity contribution < 1.29 is 9.53 Å². The number of hydrogen-bond donors (Lipinski definition) is 2. The van der Waals surface area contributed by atoms with Crippen molar-refractivity contribution in [2.45, 2.75) is 13.5 Å². The summed E-state index contributed by atoms with van der Waals surface area (Å²) in [4.78, 5) is 11.0. The van der Waals surface area contributed by atoms with Gasteiger partial charge in [0.25, 0.3) is 0 Å². The van der Waals surface area contributed by atoms with Gasteiger partial charge < -0.3 is 10.1 Å². The van der Waals surface area contributed by atoms with Crippen LogP contribution in [0.4, 0.5) is 16.4 Å². The molecule has 0 fully saturated rings. The molecule has 1 heterocycles. The van der Waals surface area contributed by atoms with E-state index in [4.69, 9.17) is 0 Å². The number of methoxy groups -OCH3 is 1. The van der Waals surface area contributed by atoms with Crippen LogP contribution >= 0.6 is 0 Å². The summed E-state index contributed by atoms with van der Waals surface area (Å²) >= 11 is 0. The highest BCUT2D eigenvalue weighted by atomic mass is 16.5. The maximum atomic E-state index is 11.0. The predicted octanol–water partition coefficient (Wildman–Crippen LogP) is 2.58. The molecule has 6 heteroatoms. The van der Waals surface area contributed by atoms with Crippen LogP contribution in [0, 0.1) is 6.92 Å². The number of aromatic nitrogens is 2. The fourth-order valence-electron chi connectivity index (χ4n) is 1.55. The average molecular weight is 272 g/mol. The second-order valence-corrected chi connectivity index (χ2v) is 4.26. The topological polar surface area (TPSA) is 76.1 Å². The zero-order chi connectivity index (χ0) is 14.4. The molecule has 1 aromatic carbocycles. The van der Waals surface area contributed by atoms with Crippen LogP contribution in [0.1, 0.15) is 11.1 Å². The number of benzene rings is 1. The maximum absolute atomic E-state index is 11.0. The van der Waals surface area contributed by atoms with Crippen LogP contribution in [-0.2, 0) is 11.3 Å². The Bertz CT molecular complexity index is 567. The SMILES string of the molecule is COC(=O)Nc1ccc(NCc2ccc(C)cc2)nn1. The summed E-state index contributed by atoms with van der Waals surface area (Å²) in [7, 11) is 1.29. The Balaban J connectivity index is 1.90. The molecule has 104 valence electrons. The zero-order valence-electron chi connectivity index (χ0n) is 11.4. The molecule has 1 aromatic heterocycles. The van der Waals surface area contributed by atoms with Gasteiger partial charge in [0.05, 0.1) is 7.11 Å². The van der Waals surface area contributed by atoms with Gasteiger partial charge in [0.15, 0.2) is 5.82 Å². The minimum absolute atomic E-state index is 0.345. The second-order valence-electron chi connectivity index (χ2n) is 4.26. The third-order valence-corrected chi connectivity index (χ3v) is 2.67. The van der Waals surface area contributed by atoms with Crippen LogP contribution in [0.15, 0.2) is 36.4 Å². The normalized spacial score (nSPS) is 9.90. The van der Waals surface area contributed by atoms with E-state index in [1.54, 1.807) is 12.1 Å². The predicted molar refractivity (Wildman–Crippen MR) is 76.6 cm³/mol. The average Bonchev–Trinajstić information content (AvgIpc) is 2.48. The monoisotopic (exact) mass is 272 g/mol. The number of carbonyl (C=O) groups is 1. The fourth-order valence-corrected chi connectivity index (χ4v) is 1.55. The summed E-state index contributed by atoms with van der Waals surface area (Å²) in [6, 6.07) is 11.6. The molecule has 0 saturated heterocycles. The van der Waals surface area contributed by atoms with Gasteiger partial charge in [-0.3, -0.25) is 5.32 Å². The summed E-state index contributed by atoms with van der Waals surface area (Å²) in [5.74, 6) is 0.985. The molecule has 0 saturated carbocycles. The molecule has 1 amide bonds. The van der Waals surface area contributed by atoms with Crippen LogP contribution in [-0.4, -0.2) is 23.4 Å². The first kappa shape index (κ1) is 13.8. The Hall–Kier alpha value is -2.63. The van der Waals surface area contributed by atoms with Crippen molar-refractivity contribution in [1.29, 1.82) is 0 Å². The molecular weight excluding hydrogens is 256 g/mol. The summed E-state index contributed by atoms with van der Waals surface area (Å²) in [6.07, 6.45) is -0.570. The minimum Gasteiger partial charge on any atom is -0.453 e. The van der Waals surface area contributed by atoms with Gasteiger partial charge >= 0.3 is 6.09 Å². The lowest BCUT2D eigenvalue weighted by Crippen LogP contribution is -2.13. The van der Waals surface area contributed by atoms with E-state index in [-0.39, 0.29) is 0 Å². The van der Waals surface area contributed by atoms with E-state index in [0.717, 1.165) is 5.56 Å². The number of amides is 1. The van der Waals surface area contributed by atoms with Gasteiger partial charge in [0.2, 0.25) is 0 Å². The fraction of sp³-hybridized carbons (Fsp3) is 0.214. The van der Waals surface area contributed by atoms with E-state index >= 15 is 0 Å². The van der Waals surface area contributed by atoms with Gasteiger partial charge in [0, 0.05) is 6.54 Å². The summed E-state index contributed by atoms with van der Waals surface area (Å²) in [5, 5.41) is 13.4. The molecule has 0 spiro atoms. The van der Waals surface area contributed by atoms with E-state index < -0.39 is 6.09 Å². The second kappa shape index (κ2) is 6.51. The van der Waals surface area contributed by atoms with Gasteiger partial charge in [-0.1, -0.05) is 29.8 Å². The number of carbonyl (C=O) groups excluding carboxylic acids is 1. The molecule has 0 atom stereocenters. The number of aryl methyl sites for hydroxylation is 1. The molecule has 0 radical (unpaired) electrons. The Morgan fingerprint density at radius 1 is 1.10 bits per heavy atom. The molecule has 2 aromatic rings. The van der Waals surface area contributed by atoms with E-state index in [1.165, 1.54) is 12.7 Å². The zero-order valence-corrected chi connectivity index (χ0v) is 11.4. The molecule has 0 aliphatic carbocycles. The number of anilines is 2. The number of nitrogens with one attached hydrogen (secondary N) is 2. The first-order valence-corrected chi connectivity index (χ1v) is 6.15. The first-order valence-electron chi connectivity index (χ1n) is 6.15. The maximum Gasteiger partial charge on any atom is 0.412 e. The van der Waals surface area contributed by atoms with Crippen LogP contribution in [0.25, 0.3) is 0 Å². The van der Waals surface area contributed by atoms with Gasteiger partial charge in [-0.2, -0.15) is 0 Å². The van der Waals surface area contributed by atoms with Crippen LogP contribution in [0.3, 0.4) is 0 Å². The summed E-state index contributed by atoms with van der Waals surface area (Å²) < 4.78 is 4.47. The van der Waals surface area contributed by atoms with Crippen molar-refractivity contribution in [1.82, 2.24) is 10.2 Å². The van der Waals surface area contributed by atoms with E-state index in [0.29, 0.717) is 18.2 Å². The molecule has 6 nitrogen and oxygen atoms in total. The van der Waals surface area contributed by atoms with E-state index in [2.05, 4.69) is 56.8 Å². The van der Waals surface area contributed by atoms with Gasteiger partial charge in [0.1, 0.15) is 5.82 Å². The van der Waals surface area contributed by atoms with Crippen molar-refractivity contribution in [2.75, 3.05) is 17.7 Å². The highest BCUT2D eigenvalue weighted by molar-refractivity contribution is 5.83. The first-order chi connectivity index (χ1) is 9.67. The van der Waals surface area contributed by atoms with Gasteiger partial charge in [-0.15, -0.1) is 10.2 Å². The summed E-state index contributed by atoms with van der Waals surface area (Å²) in [6.45, 7) is 2.72. The molecule has 0 aliphatic heterocycles. The number of nitrogens with zero attached hydrogens (tertiary/aromatic N) is 2. The quantitative estimate of drug-likeness (QED) is 0.894. The lowest BCUT2D eigenvalue weighted by Gasteiger charge is -2.06. The number of rotatable bonds is 4. The van der Waals surface area contributed by atoms with Crippen LogP contribution in [0.2, 0.25) is 0 Å². The molecular formula is C14H16N4O2. The van der Waals surface area contributed by atoms with Crippen molar-refractivity contribution in [3.63, 3.8) is 0 Å². The number of hydrogen-bond acceptors (Lipinski definition) is 5. The highest BCUT2D eigenvalue weighted by Crippen LogP contribution is 2.09. The molecule has 2 rings (SSSR count). The lowest BCUT2D eigenvalue weighted by molar-refractivity contribution is 0.187. The Morgan fingerprint density at radius 2 is 1.75 bits per heavy atom. The standard InChI is InChI=1S/C14H16N4O2/c1-10-3-5-11(6-4-10)9-15-12-7-8-13(18-17-12)16-14(19)20-2/h3-8H,9H2,1-2H3,(H,15,17)(H,16,18,19). The van der Waals surface area contributed by atoms with Gasteiger partial charge in [-0.25, -0.2) is 4.79 Å². The van der Waals surface area contributed by atoms with Crippen molar-refractivity contribution in [3.8, 4) is 0 Å². The van der Waals surface area contributed by atoms with Crippen LogP contribution in [0.5, 0.6) is 0 Å². The Morgan fingerprint density at radius 3 is 2.35 bits per heavy atom. The third kappa shape index (κ3) is 3.94. The Labute approximate surface area is 117 Å². The van der Waals surface area contributed by atoms with E-state index in [1.807, 2.05) is 0 Å². The van der Waals surface area contributed by atoms with Crippen molar-refractivity contribution >= 4 is 17.7 Å². The molecule has 0 bridgehead atoms. The third-order valence-electron chi connectivity index (χ3n) is 2.67. The largest absolute Gasteiger partial charge is 0.453 e. The Kier molecular flexibility index (Phi) is 4.49. The van der Waals surface area contributed by atoms with Crippen molar-refractivity contribution in [2.24, 2.45) is 0 Å². The smallest absolute Gasteiger partial charge is 0.412 e. The minimum atomic E-state index is -0.570. The van der Waals surface area contributed by atoms with Crippen LogP contribution < -0.4 is 10.6 Å². The lowest BCUT2D eigenvalue weighted by atomic mass is 10.1. The van der Waals surface area contributed by atoms with Crippen molar-refractivity contribution in [3.05, 3.63) is 47.5 Å². The summed E-state index contributed by atoms with van der Waals surface area (Å²) in [5.41, 5.74) is 2.39. The number of ether oxygens (including phenoxy) is 1. The molecule has 20 heavy (non-hydrogen) atoms.